The molecule has 0 aromatic heterocycles. The highest BCUT2D eigenvalue weighted by molar-refractivity contribution is 6.14. The predicted molar refractivity (Wildman–Crippen MR) is 130 cm³/mol. The van der Waals surface area contributed by atoms with Crippen LogP contribution in [0.25, 0.3) is 0 Å². The van der Waals surface area contributed by atoms with Crippen molar-refractivity contribution in [3.63, 3.8) is 0 Å². The van der Waals surface area contributed by atoms with E-state index in [2.05, 4.69) is 4.74 Å². The average Bonchev–Trinajstić information content (AvgIpc) is 3.13. The zero-order valence-electron chi connectivity index (χ0n) is 19.1. The molecule has 6 heteroatoms. The molecular formula is C29H21NO5. The minimum Gasteiger partial charge on any atom is -0.456 e. The van der Waals surface area contributed by atoms with E-state index < -0.39 is 11.7 Å². The Bertz CT molecular complexity index is 1500. The van der Waals surface area contributed by atoms with Gasteiger partial charge in [-0.1, -0.05) is 48.5 Å². The van der Waals surface area contributed by atoms with Crippen LogP contribution in [0.2, 0.25) is 0 Å². The number of benzene rings is 4. The Labute approximate surface area is 202 Å². The van der Waals surface area contributed by atoms with Crippen LogP contribution in [0.1, 0.15) is 32.6 Å². The Hall–Kier alpha value is -4.58. The van der Waals surface area contributed by atoms with Crippen molar-refractivity contribution in [1.82, 2.24) is 0 Å². The first-order chi connectivity index (χ1) is 17.0. The lowest BCUT2D eigenvalue weighted by Gasteiger charge is -2.44. The van der Waals surface area contributed by atoms with Gasteiger partial charge in [0.05, 0.1) is 7.11 Å². The van der Waals surface area contributed by atoms with Crippen LogP contribution in [0.3, 0.4) is 0 Å². The largest absolute Gasteiger partial charge is 0.513 e. The molecule has 172 valence electrons. The molecule has 1 spiro atoms. The van der Waals surface area contributed by atoms with Gasteiger partial charge in [0.1, 0.15) is 22.8 Å². The summed E-state index contributed by atoms with van der Waals surface area (Å²) in [6.45, 7) is 1.99. The molecule has 2 aliphatic heterocycles. The fourth-order valence-electron chi connectivity index (χ4n) is 5.16. The predicted octanol–water partition coefficient (Wildman–Crippen LogP) is 6.20. The van der Waals surface area contributed by atoms with Crippen molar-refractivity contribution in [2.24, 2.45) is 0 Å². The molecule has 1 unspecified atom stereocenters. The maximum Gasteiger partial charge on any atom is 0.513 e. The van der Waals surface area contributed by atoms with Gasteiger partial charge in [-0.3, -0.25) is 9.69 Å². The Morgan fingerprint density at radius 1 is 0.829 bits per heavy atom. The Morgan fingerprint density at radius 2 is 1.51 bits per heavy atom. The molecular weight excluding hydrogens is 442 g/mol. The highest BCUT2D eigenvalue weighted by Gasteiger charge is 2.56. The monoisotopic (exact) mass is 463 g/mol. The van der Waals surface area contributed by atoms with Crippen LogP contribution in [0.5, 0.6) is 17.2 Å². The first-order valence-corrected chi connectivity index (χ1v) is 11.2. The number of hydrogen-bond acceptors (Lipinski definition) is 5. The summed E-state index contributed by atoms with van der Waals surface area (Å²) in [5.74, 6) is 1.32. The van der Waals surface area contributed by atoms with Gasteiger partial charge in [0.15, 0.2) is 0 Å². The molecule has 2 aliphatic rings. The van der Waals surface area contributed by atoms with Gasteiger partial charge in [-0.05, 0) is 48.9 Å². The third-order valence-corrected chi connectivity index (χ3v) is 6.56. The second kappa shape index (κ2) is 7.74. The Kier molecular flexibility index (Phi) is 4.64. The summed E-state index contributed by atoms with van der Waals surface area (Å²) < 4.78 is 16.3. The van der Waals surface area contributed by atoms with Crippen molar-refractivity contribution in [3.05, 3.63) is 119 Å². The van der Waals surface area contributed by atoms with Crippen molar-refractivity contribution in [2.75, 3.05) is 12.0 Å². The number of carbonyl (C=O) groups excluding carboxylic acids is 2. The van der Waals surface area contributed by atoms with E-state index in [1.54, 1.807) is 12.1 Å². The minimum absolute atomic E-state index is 0.0962. The number of anilines is 1. The van der Waals surface area contributed by atoms with E-state index in [1.165, 1.54) is 7.11 Å². The van der Waals surface area contributed by atoms with Crippen LogP contribution in [0.15, 0.2) is 91.0 Å². The third kappa shape index (κ3) is 2.96. The molecule has 4 aromatic carbocycles. The number of rotatable bonds is 2. The standard InChI is InChI=1S/C29H21NO5/c1-18-12-14-23-25(16-18)35-26-17-20(34-28(32)33-2)13-15-24(26)29(23)22-11-7-6-10-21(22)27(31)30(29)19-8-4-3-5-9-19/h3-17H,1-2H3. The summed E-state index contributed by atoms with van der Waals surface area (Å²) in [4.78, 5) is 27.6. The first-order valence-electron chi connectivity index (χ1n) is 11.2. The van der Waals surface area contributed by atoms with Crippen molar-refractivity contribution >= 4 is 17.7 Å². The van der Waals surface area contributed by atoms with E-state index in [-0.39, 0.29) is 11.7 Å². The van der Waals surface area contributed by atoms with Gasteiger partial charge in [0, 0.05) is 34.0 Å². The topological polar surface area (TPSA) is 65.1 Å². The average molecular weight is 463 g/mol. The first kappa shape index (κ1) is 21.0. The second-order valence-corrected chi connectivity index (χ2v) is 8.55. The van der Waals surface area contributed by atoms with Gasteiger partial charge >= 0.3 is 6.16 Å². The number of aryl methyl sites for hydroxylation is 1. The summed E-state index contributed by atoms with van der Waals surface area (Å²) in [5, 5.41) is 0. The zero-order chi connectivity index (χ0) is 24.2. The summed E-state index contributed by atoms with van der Waals surface area (Å²) in [5.41, 5.74) is 3.94. The lowest BCUT2D eigenvalue weighted by atomic mass is 9.74. The van der Waals surface area contributed by atoms with E-state index in [0.29, 0.717) is 17.1 Å². The molecule has 4 aromatic rings. The molecule has 2 heterocycles. The zero-order valence-corrected chi connectivity index (χ0v) is 19.1. The normalized spacial score (nSPS) is 17.3. The molecule has 0 N–H and O–H groups in total. The minimum atomic E-state index is -0.977. The fourth-order valence-corrected chi connectivity index (χ4v) is 5.16. The van der Waals surface area contributed by atoms with Crippen molar-refractivity contribution < 1.29 is 23.8 Å². The molecule has 0 radical (unpaired) electrons. The van der Waals surface area contributed by atoms with Crippen LogP contribution in [0.4, 0.5) is 10.5 Å². The van der Waals surface area contributed by atoms with Gasteiger partial charge < -0.3 is 14.2 Å². The van der Waals surface area contributed by atoms with Crippen molar-refractivity contribution in [2.45, 2.75) is 12.5 Å². The van der Waals surface area contributed by atoms with E-state index in [4.69, 9.17) is 9.47 Å². The van der Waals surface area contributed by atoms with Gasteiger partial charge in [0.2, 0.25) is 0 Å². The van der Waals surface area contributed by atoms with Gasteiger partial charge in [-0.15, -0.1) is 0 Å². The lowest BCUT2D eigenvalue weighted by Crippen LogP contribution is -2.47. The van der Waals surface area contributed by atoms with E-state index >= 15 is 0 Å². The summed E-state index contributed by atoms with van der Waals surface area (Å²) in [6, 6.07) is 28.5. The number of carbonyl (C=O) groups is 2. The van der Waals surface area contributed by atoms with E-state index in [0.717, 1.165) is 27.9 Å². The van der Waals surface area contributed by atoms with Crippen LogP contribution < -0.4 is 14.4 Å². The third-order valence-electron chi connectivity index (χ3n) is 6.56. The molecule has 0 bridgehead atoms. The second-order valence-electron chi connectivity index (χ2n) is 8.55. The number of fused-ring (bicyclic) bond motifs is 6. The summed E-state index contributed by atoms with van der Waals surface area (Å²) in [7, 11) is 1.25. The number of nitrogens with zero attached hydrogens (tertiary/aromatic N) is 1. The molecule has 0 saturated heterocycles. The van der Waals surface area contributed by atoms with Gasteiger partial charge in [0.25, 0.3) is 5.91 Å². The Balaban J connectivity index is 1.70. The van der Waals surface area contributed by atoms with Crippen LogP contribution >= 0.6 is 0 Å². The summed E-state index contributed by atoms with van der Waals surface area (Å²) >= 11 is 0. The molecule has 35 heavy (non-hydrogen) atoms. The van der Waals surface area contributed by atoms with E-state index in [9.17, 15) is 9.59 Å². The maximum absolute atomic E-state index is 14.0. The number of methoxy groups -OCH3 is 1. The quantitative estimate of drug-likeness (QED) is 0.262. The molecule has 0 aliphatic carbocycles. The highest BCUT2D eigenvalue weighted by atomic mass is 16.7. The smallest absolute Gasteiger partial charge is 0.456 e. The number of amides is 1. The molecule has 1 atom stereocenters. The van der Waals surface area contributed by atoms with Crippen LogP contribution in [-0.2, 0) is 10.3 Å². The Morgan fingerprint density at radius 3 is 2.29 bits per heavy atom. The lowest BCUT2D eigenvalue weighted by molar-refractivity contribution is 0.0985. The van der Waals surface area contributed by atoms with Gasteiger partial charge in [-0.2, -0.15) is 0 Å². The molecule has 0 fully saturated rings. The molecule has 6 rings (SSSR count). The molecule has 1 amide bonds. The van der Waals surface area contributed by atoms with E-state index in [1.807, 2.05) is 90.7 Å². The maximum atomic E-state index is 14.0. The van der Waals surface area contributed by atoms with Crippen molar-refractivity contribution in [1.29, 1.82) is 0 Å². The van der Waals surface area contributed by atoms with Gasteiger partial charge in [-0.25, -0.2) is 4.79 Å². The highest BCUT2D eigenvalue weighted by Crippen LogP contribution is 2.58. The summed E-state index contributed by atoms with van der Waals surface area (Å²) in [6.07, 6.45) is -0.820. The SMILES string of the molecule is COC(=O)Oc1ccc2c(c1)Oc1cc(C)ccc1C21c2ccccc2C(=O)N1c1ccccc1. The van der Waals surface area contributed by atoms with Crippen LogP contribution in [0, 0.1) is 6.92 Å². The number of ether oxygens (including phenoxy) is 3. The molecule has 0 saturated carbocycles. The van der Waals surface area contributed by atoms with Crippen molar-refractivity contribution in [3.8, 4) is 17.2 Å². The number of para-hydroxylation sites is 1. The number of hydrogen-bond donors (Lipinski definition) is 0. The van der Waals surface area contributed by atoms with Crippen LogP contribution in [-0.4, -0.2) is 19.2 Å². The molecule has 6 nitrogen and oxygen atoms in total. The fraction of sp³-hybridized carbons (Fsp3) is 0.103.